The summed E-state index contributed by atoms with van der Waals surface area (Å²) in [4.78, 5) is 16.5. The highest BCUT2D eigenvalue weighted by Gasteiger charge is 2.47. The van der Waals surface area contributed by atoms with Crippen molar-refractivity contribution in [2.75, 3.05) is 44.4 Å². The van der Waals surface area contributed by atoms with Gasteiger partial charge >= 0.3 is 0 Å². The van der Waals surface area contributed by atoms with Crippen LogP contribution in [0.4, 0.5) is 5.82 Å². The smallest absolute Gasteiger partial charge is 0.233 e. The maximum absolute atomic E-state index is 10.0. The highest BCUT2D eigenvalue weighted by atomic mass is 35.5. The largest absolute Gasteiger partial charge is 0.476 e. The first-order valence-electron chi connectivity index (χ1n) is 11.6. The summed E-state index contributed by atoms with van der Waals surface area (Å²) in [6.07, 6.45) is 5.35. The Morgan fingerprint density at radius 1 is 1.32 bits per heavy atom. The number of ether oxygens (including phenoxy) is 3. The van der Waals surface area contributed by atoms with Crippen LogP contribution in [0.2, 0.25) is 5.02 Å². The lowest BCUT2D eigenvalue weighted by molar-refractivity contribution is -0.0514. The third kappa shape index (κ3) is 4.72. The minimum absolute atomic E-state index is 0.0298. The van der Waals surface area contributed by atoms with Crippen molar-refractivity contribution >= 4 is 29.2 Å². The molecule has 0 saturated carbocycles. The van der Waals surface area contributed by atoms with Crippen molar-refractivity contribution in [3.8, 4) is 5.88 Å². The summed E-state index contributed by atoms with van der Waals surface area (Å²) in [6, 6.07) is 1.87. The molecule has 3 aliphatic heterocycles. The first kappa shape index (κ1) is 24.0. The summed E-state index contributed by atoms with van der Waals surface area (Å²) in [6.45, 7) is 6.11. The number of nitrogens with zero attached hydrogens (tertiary/aromatic N) is 4. The monoisotopic (exact) mass is 507 g/mol. The minimum atomic E-state index is -0.195. The molecular weight excluding hydrogens is 478 g/mol. The van der Waals surface area contributed by atoms with Crippen LogP contribution in [0.15, 0.2) is 28.4 Å². The van der Waals surface area contributed by atoms with Gasteiger partial charge in [-0.05, 0) is 25.8 Å². The maximum atomic E-state index is 10.0. The number of nitrogens with two attached hydrogens (primary N) is 1. The van der Waals surface area contributed by atoms with Crippen molar-refractivity contribution < 1.29 is 19.3 Å². The van der Waals surface area contributed by atoms with E-state index in [1.165, 1.54) is 11.8 Å². The molecule has 2 aromatic heterocycles. The Bertz CT molecular complexity index is 1020. The van der Waals surface area contributed by atoms with E-state index in [2.05, 4.69) is 19.9 Å². The standard InChI is InChI=1S/C23H30ClN5O4S/c1-14-20(25)23(13-33-14)3-6-29(7-4-23)21-16(9-30)28-18(8-27-21)34-17-2-5-26-22(19(17)24)32-12-15-10-31-11-15/h2,5,8,14-15,20,30H,3-4,6-7,9-13,25H2,1H3/t14-,20+/m0/s1. The topological polar surface area (TPSA) is 116 Å². The molecule has 2 atom stereocenters. The summed E-state index contributed by atoms with van der Waals surface area (Å²) in [5.41, 5.74) is 7.02. The molecule has 2 aromatic rings. The third-order valence-corrected chi connectivity index (χ3v) is 8.50. The first-order chi connectivity index (χ1) is 16.5. The SMILES string of the molecule is C[C@@H]1OCC2(CCN(c3ncc(Sc4ccnc(OCC5COC5)c4Cl)nc3CO)CC2)[C@@H]1N. The number of anilines is 1. The van der Waals surface area contributed by atoms with E-state index in [9.17, 15) is 5.11 Å². The number of piperidine rings is 1. The highest BCUT2D eigenvalue weighted by molar-refractivity contribution is 7.99. The van der Waals surface area contributed by atoms with Gasteiger partial charge in [0.2, 0.25) is 5.88 Å². The van der Waals surface area contributed by atoms with Crippen LogP contribution in [0.25, 0.3) is 0 Å². The molecule has 0 aliphatic carbocycles. The second kappa shape index (κ2) is 10.1. The van der Waals surface area contributed by atoms with Gasteiger partial charge in [-0.15, -0.1) is 0 Å². The van der Waals surface area contributed by atoms with Crippen molar-refractivity contribution in [1.82, 2.24) is 15.0 Å². The van der Waals surface area contributed by atoms with E-state index >= 15 is 0 Å². The number of aliphatic hydroxyl groups is 1. The van der Waals surface area contributed by atoms with Crippen LogP contribution in [-0.4, -0.2) is 71.7 Å². The molecule has 3 saturated heterocycles. The van der Waals surface area contributed by atoms with E-state index in [0.29, 0.717) is 54.0 Å². The zero-order chi connectivity index (χ0) is 23.7. The molecule has 0 radical (unpaired) electrons. The molecule has 34 heavy (non-hydrogen) atoms. The molecule has 3 N–H and O–H groups in total. The lowest BCUT2D eigenvalue weighted by Gasteiger charge is -2.41. The van der Waals surface area contributed by atoms with Gasteiger partial charge in [-0.1, -0.05) is 23.4 Å². The van der Waals surface area contributed by atoms with Crippen molar-refractivity contribution in [2.24, 2.45) is 17.1 Å². The Morgan fingerprint density at radius 3 is 2.76 bits per heavy atom. The number of pyridine rings is 1. The molecule has 0 amide bonds. The van der Waals surface area contributed by atoms with Crippen molar-refractivity contribution in [3.63, 3.8) is 0 Å². The van der Waals surface area contributed by atoms with E-state index in [1.807, 2.05) is 13.0 Å². The van der Waals surface area contributed by atoms with Gasteiger partial charge in [0.1, 0.15) is 15.7 Å². The van der Waals surface area contributed by atoms with E-state index in [4.69, 9.17) is 31.5 Å². The van der Waals surface area contributed by atoms with Crippen LogP contribution in [0.1, 0.15) is 25.5 Å². The fourth-order valence-electron chi connectivity index (χ4n) is 4.74. The van der Waals surface area contributed by atoms with Crippen molar-refractivity contribution in [2.45, 2.75) is 48.4 Å². The van der Waals surface area contributed by atoms with Crippen molar-refractivity contribution in [3.05, 3.63) is 29.2 Å². The Balaban J connectivity index is 1.26. The second-order valence-electron chi connectivity index (χ2n) is 9.27. The Labute approximate surface area is 208 Å². The fourth-order valence-corrected chi connectivity index (χ4v) is 5.81. The lowest BCUT2D eigenvalue weighted by Crippen LogP contribution is -2.51. The molecule has 0 bridgehead atoms. The van der Waals surface area contributed by atoms with Gasteiger partial charge in [-0.2, -0.15) is 0 Å². The van der Waals surface area contributed by atoms with Crippen LogP contribution in [0.3, 0.4) is 0 Å². The van der Waals surface area contributed by atoms with E-state index in [0.717, 1.165) is 36.6 Å². The third-order valence-electron chi connectivity index (χ3n) is 7.05. The zero-order valence-corrected chi connectivity index (χ0v) is 20.7. The fraction of sp³-hybridized carbons (Fsp3) is 0.609. The number of halogens is 1. The van der Waals surface area contributed by atoms with Gasteiger partial charge in [-0.3, -0.25) is 0 Å². The van der Waals surface area contributed by atoms with Crippen molar-refractivity contribution in [1.29, 1.82) is 0 Å². The maximum Gasteiger partial charge on any atom is 0.233 e. The molecule has 0 aromatic carbocycles. The second-order valence-corrected chi connectivity index (χ2v) is 10.7. The molecule has 11 heteroatoms. The number of hydrogen-bond acceptors (Lipinski definition) is 10. The summed E-state index contributed by atoms with van der Waals surface area (Å²) in [5, 5.41) is 11.1. The summed E-state index contributed by atoms with van der Waals surface area (Å²) in [5.74, 6) is 1.50. The number of aliphatic hydroxyl groups excluding tert-OH is 1. The number of hydrogen-bond donors (Lipinski definition) is 2. The van der Waals surface area contributed by atoms with E-state index < -0.39 is 0 Å². The molecule has 3 aliphatic rings. The average Bonchev–Trinajstić information content (AvgIpc) is 3.09. The quantitative estimate of drug-likeness (QED) is 0.579. The lowest BCUT2D eigenvalue weighted by atomic mass is 9.73. The Kier molecular flexibility index (Phi) is 7.15. The normalized spacial score (nSPS) is 24.4. The zero-order valence-electron chi connectivity index (χ0n) is 19.2. The number of rotatable bonds is 7. The van der Waals surface area contributed by atoms with Crippen LogP contribution in [0, 0.1) is 11.3 Å². The molecule has 5 rings (SSSR count). The molecular formula is C23H30ClN5O4S. The molecule has 5 heterocycles. The van der Waals surface area contributed by atoms with Gasteiger partial charge in [0.25, 0.3) is 0 Å². The molecule has 0 unspecified atom stereocenters. The Morgan fingerprint density at radius 2 is 2.12 bits per heavy atom. The molecule has 1 spiro atoms. The van der Waals surface area contributed by atoms with Gasteiger partial charge < -0.3 is 30.0 Å². The molecule has 184 valence electrons. The Hall–Kier alpha value is -1.69. The van der Waals surface area contributed by atoms with Crippen LogP contribution >= 0.6 is 23.4 Å². The summed E-state index contributed by atoms with van der Waals surface area (Å²) < 4.78 is 16.8. The minimum Gasteiger partial charge on any atom is -0.476 e. The van der Waals surface area contributed by atoms with Gasteiger partial charge in [-0.25, -0.2) is 15.0 Å². The summed E-state index contributed by atoms with van der Waals surface area (Å²) in [7, 11) is 0. The van der Waals surface area contributed by atoms with Crippen LogP contribution in [0.5, 0.6) is 5.88 Å². The van der Waals surface area contributed by atoms with Crippen LogP contribution in [-0.2, 0) is 16.1 Å². The first-order valence-corrected chi connectivity index (χ1v) is 12.8. The number of aromatic nitrogens is 3. The predicted octanol–water partition coefficient (Wildman–Crippen LogP) is 2.53. The van der Waals surface area contributed by atoms with Crippen LogP contribution < -0.4 is 15.4 Å². The van der Waals surface area contributed by atoms with Gasteiger partial charge in [0.05, 0.1) is 45.3 Å². The van der Waals surface area contributed by atoms with E-state index in [1.54, 1.807) is 12.4 Å². The van der Waals surface area contributed by atoms with E-state index in [-0.39, 0.29) is 24.2 Å². The van der Waals surface area contributed by atoms with Gasteiger partial charge in [0, 0.05) is 41.6 Å². The molecule has 3 fully saturated rings. The average molecular weight is 508 g/mol. The predicted molar refractivity (Wildman–Crippen MR) is 128 cm³/mol. The highest BCUT2D eigenvalue weighted by Crippen LogP contribution is 2.42. The summed E-state index contributed by atoms with van der Waals surface area (Å²) >= 11 is 7.92. The van der Waals surface area contributed by atoms with Gasteiger partial charge in [0.15, 0.2) is 5.82 Å². The molecule has 9 nitrogen and oxygen atoms in total.